The average molecular weight is 609 g/mol. The van der Waals surface area contributed by atoms with Crippen LogP contribution < -0.4 is 5.32 Å². The van der Waals surface area contributed by atoms with Crippen molar-refractivity contribution in [3.63, 3.8) is 0 Å². The Balaban J connectivity index is 1.50. The highest BCUT2D eigenvalue weighted by atomic mass is 16.3. The molecule has 6 aromatic rings. The Morgan fingerprint density at radius 3 is 2.04 bits per heavy atom. The predicted molar refractivity (Wildman–Crippen MR) is 189 cm³/mol. The van der Waals surface area contributed by atoms with Gasteiger partial charge in [0.25, 0.3) is 0 Å². The van der Waals surface area contributed by atoms with Gasteiger partial charge in [-0.25, -0.2) is 4.98 Å². The van der Waals surface area contributed by atoms with E-state index in [1.807, 2.05) is 95.6 Å². The summed E-state index contributed by atoms with van der Waals surface area (Å²) in [7, 11) is 0. The van der Waals surface area contributed by atoms with Gasteiger partial charge in [-0.05, 0) is 64.9 Å². The standard InChI is InChI=1S/C40H40N4O2/c1-39(2,3)25-23-29(37(46)30(24-25)40(4,5)6)35(41)27-17-10-12-19-31(27)42-32-20-14-21-33-36(32)43-38(28-18-11-13-22-34(28)45)44(33)26-15-8-7-9-16-26/h7-24,41-42,45-46H,1-6H3. The molecule has 6 rings (SSSR count). The Labute approximate surface area is 270 Å². The Morgan fingerprint density at radius 1 is 0.696 bits per heavy atom. The summed E-state index contributed by atoms with van der Waals surface area (Å²) >= 11 is 0. The van der Waals surface area contributed by atoms with Gasteiger partial charge in [-0.3, -0.25) is 9.98 Å². The maximum absolute atomic E-state index is 11.5. The van der Waals surface area contributed by atoms with Crippen LogP contribution in [0, 0.1) is 5.41 Å². The van der Waals surface area contributed by atoms with Crippen LogP contribution in [-0.4, -0.2) is 25.5 Å². The van der Waals surface area contributed by atoms with Crippen molar-refractivity contribution < 1.29 is 10.2 Å². The van der Waals surface area contributed by atoms with Crippen molar-refractivity contribution in [1.82, 2.24) is 9.55 Å². The lowest BCUT2D eigenvalue weighted by Crippen LogP contribution is -2.19. The molecule has 0 aliphatic rings. The summed E-state index contributed by atoms with van der Waals surface area (Å²) in [4.78, 5) is 5.09. The van der Waals surface area contributed by atoms with Crippen molar-refractivity contribution in [2.45, 2.75) is 52.4 Å². The molecule has 0 spiro atoms. The summed E-state index contributed by atoms with van der Waals surface area (Å²) < 4.78 is 2.05. The zero-order valence-corrected chi connectivity index (χ0v) is 27.2. The van der Waals surface area contributed by atoms with Gasteiger partial charge in [0, 0.05) is 28.1 Å². The summed E-state index contributed by atoms with van der Waals surface area (Å²) in [5.41, 5.74) is 7.40. The molecule has 0 bridgehead atoms. The van der Waals surface area contributed by atoms with Gasteiger partial charge in [0.05, 0.1) is 22.5 Å². The molecule has 1 heterocycles. The number of rotatable bonds is 6. The van der Waals surface area contributed by atoms with Crippen molar-refractivity contribution in [2.75, 3.05) is 5.32 Å². The summed E-state index contributed by atoms with van der Waals surface area (Å²) in [6, 6.07) is 34.9. The third-order valence-electron chi connectivity index (χ3n) is 8.36. The van der Waals surface area contributed by atoms with Gasteiger partial charge in [0.15, 0.2) is 0 Å². The summed E-state index contributed by atoms with van der Waals surface area (Å²) in [6.45, 7) is 12.7. The first-order valence-corrected chi connectivity index (χ1v) is 15.5. The van der Waals surface area contributed by atoms with Gasteiger partial charge in [0.2, 0.25) is 0 Å². The van der Waals surface area contributed by atoms with Crippen molar-refractivity contribution in [3.8, 4) is 28.6 Å². The van der Waals surface area contributed by atoms with Crippen LogP contribution in [0.3, 0.4) is 0 Å². The minimum atomic E-state index is -0.309. The zero-order valence-electron chi connectivity index (χ0n) is 27.2. The van der Waals surface area contributed by atoms with E-state index in [1.165, 1.54) is 0 Å². The van der Waals surface area contributed by atoms with E-state index in [1.54, 1.807) is 12.1 Å². The molecule has 232 valence electrons. The molecule has 0 radical (unpaired) electrons. The second-order valence-electron chi connectivity index (χ2n) is 13.8. The first-order chi connectivity index (χ1) is 21.8. The minimum Gasteiger partial charge on any atom is -0.507 e. The number of imidazole rings is 1. The number of para-hydroxylation sites is 4. The van der Waals surface area contributed by atoms with Crippen molar-refractivity contribution in [3.05, 3.63) is 131 Å². The van der Waals surface area contributed by atoms with Gasteiger partial charge >= 0.3 is 0 Å². The number of benzene rings is 5. The Morgan fingerprint density at radius 2 is 1.35 bits per heavy atom. The molecular formula is C40H40N4O2. The molecule has 46 heavy (non-hydrogen) atoms. The van der Waals surface area contributed by atoms with Gasteiger partial charge in [0.1, 0.15) is 22.8 Å². The maximum atomic E-state index is 11.5. The van der Waals surface area contributed by atoms with Crippen molar-refractivity contribution in [2.24, 2.45) is 0 Å². The fourth-order valence-corrected chi connectivity index (χ4v) is 5.81. The van der Waals surface area contributed by atoms with Crippen molar-refractivity contribution >= 4 is 28.1 Å². The second-order valence-corrected chi connectivity index (χ2v) is 13.8. The van der Waals surface area contributed by atoms with Crippen LogP contribution in [0.15, 0.2) is 109 Å². The van der Waals surface area contributed by atoms with Crippen LogP contribution >= 0.6 is 0 Å². The number of phenolic OH excluding ortho intramolecular Hbond substituents is 2. The maximum Gasteiger partial charge on any atom is 0.149 e. The lowest BCUT2D eigenvalue weighted by molar-refractivity contribution is 0.443. The van der Waals surface area contributed by atoms with E-state index in [0.29, 0.717) is 22.5 Å². The van der Waals surface area contributed by atoms with E-state index in [4.69, 9.17) is 4.98 Å². The minimum absolute atomic E-state index is 0.135. The fraction of sp³-hybridized carbons (Fsp3) is 0.200. The smallest absolute Gasteiger partial charge is 0.149 e. The first kappa shape index (κ1) is 30.7. The number of phenols is 2. The molecule has 0 amide bonds. The molecule has 0 unspecified atom stereocenters. The molecule has 4 N–H and O–H groups in total. The summed E-state index contributed by atoms with van der Waals surface area (Å²) in [6.07, 6.45) is 0. The molecule has 0 atom stereocenters. The number of fused-ring (bicyclic) bond motifs is 1. The van der Waals surface area contributed by atoms with Crippen LogP contribution in [0.1, 0.15) is 63.8 Å². The Kier molecular flexibility index (Phi) is 7.69. The molecule has 0 saturated heterocycles. The zero-order chi connectivity index (χ0) is 32.8. The van der Waals surface area contributed by atoms with Crippen LogP contribution in [-0.2, 0) is 10.8 Å². The Bertz CT molecular complexity index is 2080. The highest BCUT2D eigenvalue weighted by molar-refractivity contribution is 6.16. The molecule has 1 aromatic heterocycles. The highest BCUT2D eigenvalue weighted by Gasteiger charge is 2.27. The van der Waals surface area contributed by atoms with Gasteiger partial charge in [-0.2, -0.15) is 0 Å². The number of nitrogens with one attached hydrogen (secondary N) is 2. The van der Waals surface area contributed by atoms with Crippen LogP contribution in [0.25, 0.3) is 28.1 Å². The topological polar surface area (TPSA) is 94.2 Å². The third kappa shape index (κ3) is 5.63. The van der Waals surface area contributed by atoms with E-state index in [2.05, 4.69) is 52.9 Å². The SMILES string of the molecule is CC(C)(C)c1cc(C(=N)c2ccccc2Nc2cccc3c2nc(-c2ccccc2O)n3-c2ccccc2)c(O)c(C(C)(C)C)c1. The van der Waals surface area contributed by atoms with Crippen LogP contribution in [0.5, 0.6) is 11.5 Å². The van der Waals surface area contributed by atoms with Gasteiger partial charge in [-0.1, -0.05) is 102 Å². The molecule has 0 aliphatic heterocycles. The largest absolute Gasteiger partial charge is 0.507 e. The normalized spacial score (nSPS) is 12.0. The molecule has 5 aromatic carbocycles. The number of aromatic hydroxyl groups is 2. The molecule has 0 aliphatic carbocycles. The lowest BCUT2D eigenvalue weighted by atomic mass is 9.78. The number of aromatic nitrogens is 2. The monoisotopic (exact) mass is 608 g/mol. The second kappa shape index (κ2) is 11.5. The molecule has 0 fully saturated rings. The molecule has 0 saturated carbocycles. The number of hydrogen-bond acceptors (Lipinski definition) is 5. The average Bonchev–Trinajstić information content (AvgIpc) is 3.41. The van der Waals surface area contributed by atoms with E-state index in [-0.39, 0.29) is 28.0 Å². The summed E-state index contributed by atoms with van der Waals surface area (Å²) in [5, 5.41) is 35.4. The highest BCUT2D eigenvalue weighted by Crippen LogP contribution is 2.40. The first-order valence-electron chi connectivity index (χ1n) is 15.5. The third-order valence-corrected chi connectivity index (χ3v) is 8.36. The van der Waals surface area contributed by atoms with Crippen LogP contribution in [0.2, 0.25) is 0 Å². The van der Waals surface area contributed by atoms with Crippen molar-refractivity contribution in [1.29, 1.82) is 5.41 Å². The van der Waals surface area contributed by atoms with E-state index < -0.39 is 0 Å². The number of nitrogens with zero attached hydrogens (tertiary/aromatic N) is 2. The molecular weight excluding hydrogens is 568 g/mol. The number of anilines is 2. The summed E-state index contributed by atoms with van der Waals surface area (Å²) in [5.74, 6) is 0.903. The molecule has 6 nitrogen and oxygen atoms in total. The van der Waals surface area contributed by atoms with E-state index in [0.717, 1.165) is 39.2 Å². The number of hydrogen-bond donors (Lipinski definition) is 4. The van der Waals surface area contributed by atoms with Gasteiger partial charge < -0.3 is 15.5 Å². The Hall–Kier alpha value is -5.36. The van der Waals surface area contributed by atoms with E-state index >= 15 is 0 Å². The quantitative estimate of drug-likeness (QED) is 0.142. The molecule has 6 heteroatoms. The van der Waals surface area contributed by atoms with Gasteiger partial charge in [-0.15, -0.1) is 0 Å². The van der Waals surface area contributed by atoms with E-state index in [9.17, 15) is 15.6 Å². The van der Waals surface area contributed by atoms with Crippen LogP contribution in [0.4, 0.5) is 11.4 Å². The predicted octanol–water partition coefficient (Wildman–Crippen LogP) is 9.86. The fourth-order valence-electron chi connectivity index (χ4n) is 5.81. The lowest BCUT2D eigenvalue weighted by Gasteiger charge is -2.28.